The summed E-state index contributed by atoms with van der Waals surface area (Å²) in [6, 6.07) is 15.5. The molecule has 0 radical (unpaired) electrons. The molecule has 0 aliphatic heterocycles. The number of phenols is 1. The second kappa shape index (κ2) is 5.15. The summed E-state index contributed by atoms with van der Waals surface area (Å²) >= 11 is 0. The van der Waals surface area contributed by atoms with E-state index in [1.165, 1.54) is 0 Å². The maximum atomic E-state index is 10.4. The summed E-state index contributed by atoms with van der Waals surface area (Å²) in [5.74, 6) is 0.143. The number of hydrogen-bond acceptors (Lipinski definition) is 3. The molecule has 3 rings (SSSR count). The summed E-state index contributed by atoms with van der Waals surface area (Å²) in [7, 11) is 0. The molecule has 0 fully saturated rings. The standard InChI is InChI=1S/C19H19N3O/c1-12-15(11-20)14-9-10-16(23)17(19(2,3)21)18(14)22(12)13-7-5-4-6-8-13/h4-10,23H,21H2,1-3H3. The molecule has 0 saturated heterocycles. The van der Waals surface area contributed by atoms with Crippen molar-refractivity contribution in [1.29, 1.82) is 5.26 Å². The lowest BCUT2D eigenvalue weighted by Gasteiger charge is -2.23. The van der Waals surface area contributed by atoms with Crippen LogP contribution in [-0.4, -0.2) is 9.67 Å². The van der Waals surface area contributed by atoms with Gasteiger partial charge in [-0.05, 0) is 45.0 Å². The molecular formula is C19H19N3O. The number of benzene rings is 2. The predicted octanol–water partition coefficient (Wildman–Crippen LogP) is 3.71. The number of para-hydroxylation sites is 1. The average molecular weight is 305 g/mol. The zero-order chi connectivity index (χ0) is 16.8. The molecule has 2 aromatic carbocycles. The molecule has 3 N–H and O–H groups in total. The molecule has 4 heteroatoms. The SMILES string of the molecule is Cc1c(C#N)c2ccc(O)c(C(C)(C)N)c2n1-c1ccccc1. The van der Waals surface area contributed by atoms with Crippen molar-refractivity contribution in [3.63, 3.8) is 0 Å². The largest absolute Gasteiger partial charge is 0.508 e. The van der Waals surface area contributed by atoms with Crippen LogP contribution in [0.3, 0.4) is 0 Å². The number of hydrogen-bond donors (Lipinski definition) is 2. The molecule has 0 aliphatic rings. The minimum atomic E-state index is -0.742. The van der Waals surface area contributed by atoms with Crippen LogP contribution in [0.15, 0.2) is 42.5 Å². The van der Waals surface area contributed by atoms with E-state index >= 15 is 0 Å². The first kappa shape index (κ1) is 15.1. The molecule has 0 saturated carbocycles. The maximum Gasteiger partial charge on any atom is 0.122 e. The highest BCUT2D eigenvalue weighted by Crippen LogP contribution is 2.39. The normalized spacial score (nSPS) is 11.6. The van der Waals surface area contributed by atoms with E-state index in [0.29, 0.717) is 11.1 Å². The predicted molar refractivity (Wildman–Crippen MR) is 91.6 cm³/mol. The van der Waals surface area contributed by atoms with Gasteiger partial charge in [-0.1, -0.05) is 18.2 Å². The third-order valence-corrected chi connectivity index (χ3v) is 4.12. The van der Waals surface area contributed by atoms with Gasteiger partial charge in [-0.2, -0.15) is 5.26 Å². The smallest absolute Gasteiger partial charge is 0.122 e. The van der Waals surface area contributed by atoms with Gasteiger partial charge >= 0.3 is 0 Å². The Morgan fingerprint density at radius 2 is 1.78 bits per heavy atom. The fourth-order valence-electron chi connectivity index (χ4n) is 3.17. The van der Waals surface area contributed by atoms with Crippen molar-refractivity contribution in [2.75, 3.05) is 0 Å². The van der Waals surface area contributed by atoms with E-state index in [4.69, 9.17) is 5.73 Å². The molecule has 0 aliphatic carbocycles. The third kappa shape index (κ3) is 2.26. The van der Waals surface area contributed by atoms with Crippen LogP contribution in [-0.2, 0) is 5.54 Å². The molecule has 0 atom stereocenters. The summed E-state index contributed by atoms with van der Waals surface area (Å²) in [6.07, 6.45) is 0. The molecule has 116 valence electrons. The Balaban J connectivity index is 2.57. The Morgan fingerprint density at radius 1 is 1.13 bits per heavy atom. The van der Waals surface area contributed by atoms with E-state index in [2.05, 4.69) is 6.07 Å². The molecular weight excluding hydrogens is 286 g/mol. The number of aromatic nitrogens is 1. The van der Waals surface area contributed by atoms with Crippen LogP contribution in [0.2, 0.25) is 0 Å². The molecule has 3 aromatic rings. The third-order valence-electron chi connectivity index (χ3n) is 4.12. The number of aromatic hydroxyl groups is 1. The van der Waals surface area contributed by atoms with E-state index in [1.54, 1.807) is 12.1 Å². The van der Waals surface area contributed by atoms with Crippen molar-refractivity contribution >= 4 is 10.9 Å². The van der Waals surface area contributed by atoms with Crippen LogP contribution < -0.4 is 5.73 Å². The van der Waals surface area contributed by atoms with E-state index in [0.717, 1.165) is 22.3 Å². The molecule has 1 heterocycles. The Kier molecular flexibility index (Phi) is 3.39. The van der Waals surface area contributed by atoms with Gasteiger partial charge in [0.15, 0.2) is 0 Å². The number of nitrogens with zero attached hydrogens (tertiary/aromatic N) is 2. The van der Waals surface area contributed by atoms with Crippen molar-refractivity contribution in [3.8, 4) is 17.5 Å². The molecule has 1 aromatic heterocycles. The van der Waals surface area contributed by atoms with Gasteiger partial charge in [-0.15, -0.1) is 0 Å². The van der Waals surface area contributed by atoms with E-state index in [-0.39, 0.29) is 5.75 Å². The van der Waals surface area contributed by atoms with Crippen molar-refractivity contribution in [3.05, 3.63) is 59.3 Å². The molecule has 4 nitrogen and oxygen atoms in total. The summed E-state index contributed by atoms with van der Waals surface area (Å²) in [5.41, 5.74) is 9.39. The van der Waals surface area contributed by atoms with E-state index in [1.807, 2.05) is 55.7 Å². The first-order valence-corrected chi connectivity index (χ1v) is 7.48. The number of nitriles is 1. The number of fused-ring (bicyclic) bond motifs is 1. The molecule has 0 spiro atoms. The van der Waals surface area contributed by atoms with Crippen molar-refractivity contribution in [2.45, 2.75) is 26.3 Å². The summed E-state index contributed by atoms with van der Waals surface area (Å²) in [5, 5.41) is 20.8. The Hall–Kier alpha value is -2.77. The second-order valence-corrected chi connectivity index (χ2v) is 6.32. The van der Waals surface area contributed by atoms with Crippen molar-refractivity contribution in [1.82, 2.24) is 4.57 Å². The van der Waals surface area contributed by atoms with Crippen LogP contribution in [0, 0.1) is 18.3 Å². The van der Waals surface area contributed by atoms with Crippen LogP contribution in [0.1, 0.15) is 30.7 Å². The Morgan fingerprint density at radius 3 is 2.35 bits per heavy atom. The number of nitrogens with two attached hydrogens (primary N) is 1. The van der Waals surface area contributed by atoms with Crippen LogP contribution in [0.25, 0.3) is 16.6 Å². The van der Waals surface area contributed by atoms with Gasteiger partial charge in [0.05, 0.1) is 11.1 Å². The molecule has 0 unspecified atom stereocenters. The topological polar surface area (TPSA) is 75.0 Å². The highest BCUT2D eigenvalue weighted by molar-refractivity contribution is 5.94. The van der Waals surface area contributed by atoms with Crippen molar-refractivity contribution in [2.24, 2.45) is 5.73 Å². The lowest BCUT2D eigenvalue weighted by Crippen LogP contribution is -2.29. The molecule has 23 heavy (non-hydrogen) atoms. The Labute approximate surface area is 135 Å². The highest BCUT2D eigenvalue weighted by atomic mass is 16.3. The molecule has 0 amide bonds. The van der Waals surface area contributed by atoms with Gasteiger partial charge in [0.1, 0.15) is 11.8 Å². The molecule has 0 bridgehead atoms. The number of phenolic OH excluding ortho intramolecular Hbond substituents is 1. The van der Waals surface area contributed by atoms with Crippen molar-refractivity contribution < 1.29 is 5.11 Å². The maximum absolute atomic E-state index is 10.4. The minimum Gasteiger partial charge on any atom is -0.508 e. The minimum absolute atomic E-state index is 0.143. The first-order valence-electron chi connectivity index (χ1n) is 7.48. The van der Waals surface area contributed by atoms with Crippen LogP contribution >= 0.6 is 0 Å². The second-order valence-electron chi connectivity index (χ2n) is 6.32. The average Bonchev–Trinajstić information content (AvgIpc) is 2.77. The van der Waals surface area contributed by atoms with E-state index in [9.17, 15) is 10.4 Å². The van der Waals surface area contributed by atoms with Crippen LogP contribution in [0.4, 0.5) is 0 Å². The summed E-state index contributed by atoms with van der Waals surface area (Å²) < 4.78 is 2.00. The summed E-state index contributed by atoms with van der Waals surface area (Å²) in [6.45, 7) is 5.62. The highest BCUT2D eigenvalue weighted by Gasteiger charge is 2.27. The fraction of sp³-hybridized carbons (Fsp3) is 0.211. The van der Waals surface area contributed by atoms with Gasteiger partial charge in [0, 0.05) is 27.9 Å². The number of rotatable bonds is 2. The fourth-order valence-corrected chi connectivity index (χ4v) is 3.17. The zero-order valence-electron chi connectivity index (χ0n) is 13.5. The van der Waals surface area contributed by atoms with Gasteiger partial charge in [-0.3, -0.25) is 0 Å². The lowest BCUT2D eigenvalue weighted by atomic mass is 9.92. The lowest BCUT2D eigenvalue weighted by molar-refractivity contribution is 0.442. The Bertz CT molecular complexity index is 925. The quantitative estimate of drug-likeness (QED) is 0.758. The van der Waals surface area contributed by atoms with Gasteiger partial charge in [0.2, 0.25) is 0 Å². The summed E-state index contributed by atoms with van der Waals surface area (Å²) in [4.78, 5) is 0. The van der Waals surface area contributed by atoms with Gasteiger partial charge < -0.3 is 15.4 Å². The van der Waals surface area contributed by atoms with Gasteiger partial charge in [-0.25, -0.2) is 0 Å². The zero-order valence-corrected chi connectivity index (χ0v) is 13.5. The van der Waals surface area contributed by atoms with Gasteiger partial charge in [0.25, 0.3) is 0 Å². The van der Waals surface area contributed by atoms with Crippen LogP contribution in [0.5, 0.6) is 5.75 Å². The van der Waals surface area contributed by atoms with E-state index < -0.39 is 5.54 Å². The first-order chi connectivity index (χ1) is 10.9. The monoisotopic (exact) mass is 305 g/mol.